The summed E-state index contributed by atoms with van der Waals surface area (Å²) < 4.78 is 5.31. The van der Waals surface area contributed by atoms with Crippen molar-refractivity contribution in [1.29, 1.82) is 0 Å². The Morgan fingerprint density at radius 3 is 2.89 bits per heavy atom. The summed E-state index contributed by atoms with van der Waals surface area (Å²) in [4.78, 5) is 3.38. The van der Waals surface area contributed by atoms with Crippen molar-refractivity contribution in [2.75, 3.05) is 26.3 Å². The number of hydrogen-bond donors (Lipinski definition) is 1. The number of nitrogens with one attached hydrogen (secondary N) is 1. The lowest BCUT2D eigenvalue weighted by molar-refractivity contribution is 0.0397. The molecule has 1 aromatic heterocycles. The second kappa shape index (κ2) is 4.82. The molecule has 0 radical (unpaired) electrons. The van der Waals surface area contributed by atoms with Crippen molar-refractivity contribution in [2.45, 2.75) is 6.92 Å². The van der Waals surface area contributed by atoms with Crippen LogP contribution in [0.3, 0.4) is 0 Å². The van der Waals surface area contributed by atoms with E-state index in [1.165, 1.54) is 16.5 Å². The predicted molar refractivity (Wildman–Crippen MR) is 73.0 cm³/mol. The Morgan fingerprint density at radius 1 is 1.28 bits per heavy atom. The molecular weight excluding hydrogens is 226 g/mol. The fraction of sp³-hybridized carbons (Fsp3) is 0.357. The molecule has 18 heavy (non-hydrogen) atoms. The molecule has 0 bridgehead atoms. The molecule has 1 N–H and O–H groups in total. The smallest absolute Gasteiger partial charge is 0.0659 e. The number of aromatic amines is 1. The minimum atomic E-state index is 0.768. The molecule has 94 valence electrons. The van der Waals surface area contributed by atoms with Crippen LogP contribution in [0.4, 0.5) is 0 Å². The summed E-state index contributed by atoms with van der Waals surface area (Å²) in [5.41, 5.74) is 3.50. The zero-order valence-electron chi connectivity index (χ0n) is 10.5. The van der Waals surface area contributed by atoms with Crippen LogP contribution >= 0.6 is 0 Å². The van der Waals surface area contributed by atoms with Crippen molar-refractivity contribution in [3.8, 4) is 0 Å². The van der Waals surface area contributed by atoms with Gasteiger partial charge in [0.1, 0.15) is 0 Å². The first kappa shape index (κ1) is 11.3. The predicted octanol–water partition coefficient (Wildman–Crippen LogP) is 2.14. The largest absolute Gasteiger partial charge is 0.378 e. The first-order valence-electron chi connectivity index (χ1n) is 6.28. The van der Waals surface area contributed by atoms with Gasteiger partial charge < -0.3 is 9.72 Å². The van der Waals surface area contributed by atoms with E-state index in [1.54, 1.807) is 0 Å². The molecule has 0 aliphatic carbocycles. The lowest BCUT2D eigenvalue weighted by Gasteiger charge is -2.23. The molecule has 1 aromatic carbocycles. The third-order valence-electron chi connectivity index (χ3n) is 3.28. The first-order valence-corrected chi connectivity index (χ1v) is 6.28. The average molecular weight is 243 g/mol. The van der Waals surface area contributed by atoms with Crippen LogP contribution in [-0.2, 0) is 4.74 Å². The Morgan fingerprint density at radius 2 is 2.06 bits per heavy atom. The monoisotopic (exact) mass is 243 g/mol. The highest BCUT2D eigenvalue weighted by atomic mass is 16.5. The number of hydrogen-bond acceptors (Lipinski definition) is 3. The van der Waals surface area contributed by atoms with Crippen LogP contribution < -0.4 is 0 Å². The van der Waals surface area contributed by atoms with Gasteiger partial charge in [-0.15, -0.1) is 0 Å². The van der Waals surface area contributed by atoms with Gasteiger partial charge in [0.2, 0.25) is 0 Å². The number of para-hydroxylation sites is 1. The molecule has 1 aliphatic rings. The summed E-state index contributed by atoms with van der Waals surface area (Å²) in [5, 5.41) is 7.83. The lowest BCUT2D eigenvalue weighted by Crippen LogP contribution is -2.32. The molecule has 4 nitrogen and oxygen atoms in total. The van der Waals surface area contributed by atoms with Crippen LogP contribution in [0, 0.1) is 6.92 Å². The summed E-state index contributed by atoms with van der Waals surface area (Å²) in [7, 11) is 0. The van der Waals surface area contributed by atoms with Gasteiger partial charge in [0.15, 0.2) is 0 Å². The molecule has 0 unspecified atom stereocenters. The Hall–Kier alpha value is -1.81. The molecule has 0 spiro atoms. The van der Waals surface area contributed by atoms with Crippen LogP contribution in [0.1, 0.15) is 11.3 Å². The van der Waals surface area contributed by atoms with Crippen molar-refractivity contribution in [3.63, 3.8) is 0 Å². The second-order valence-electron chi connectivity index (χ2n) is 4.52. The van der Waals surface area contributed by atoms with Crippen LogP contribution in [0.15, 0.2) is 29.4 Å². The molecule has 1 saturated heterocycles. The van der Waals surface area contributed by atoms with Gasteiger partial charge in [-0.05, 0) is 13.0 Å². The van der Waals surface area contributed by atoms with Crippen molar-refractivity contribution < 1.29 is 4.74 Å². The van der Waals surface area contributed by atoms with Crippen LogP contribution in [-0.4, -0.2) is 42.5 Å². The van der Waals surface area contributed by atoms with E-state index >= 15 is 0 Å². The van der Waals surface area contributed by atoms with Crippen LogP contribution in [0.5, 0.6) is 0 Å². The Bertz CT molecular complexity index is 567. The van der Waals surface area contributed by atoms with E-state index in [1.807, 2.05) is 12.3 Å². The fourth-order valence-corrected chi connectivity index (χ4v) is 2.27. The molecule has 1 aliphatic heterocycles. The van der Waals surface area contributed by atoms with Gasteiger partial charge in [0, 0.05) is 22.2 Å². The van der Waals surface area contributed by atoms with E-state index in [4.69, 9.17) is 4.74 Å². The van der Waals surface area contributed by atoms with Crippen molar-refractivity contribution in [1.82, 2.24) is 9.99 Å². The molecule has 0 atom stereocenters. The van der Waals surface area contributed by atoms with Gasteiger partial charge in [-0.25, -0.2) is 0 Å². The number of hydrazone groups is 1. The SMILES string of the molecule is Cc1[nH]c2ccccc2c1C=NN1CCOCC1. The molecule has 0 saturated carbocycles. The third kappa shape index (κ3) is 2.11. The van der Waals surface area contributed by atoms with Gasteiger partial charge in [-0.1, -0.05) is 18.2 Å². The van der Waals surface area contributed by atoms with Crippen molar-refractivity contribution in [2.24, 2.45) is 5.10 Å². The number of rotatable bonds is 2. The van der Waals surface area contributed by atoms with Gasteiger partial charge >= 0.3 is 0 Å². The summed E-state index contributed by atoms with van der Waals surface area (Å²) in [6.45, 7) is 5.37. The normalized spacial score (nSPS) is 16.8. The molecule has 2 heterocycles. The topological polar surface area (TPSA) is 40.6 Å². The minimum absolute atomic E-state index is 0.768. The van der Waals surface area contributed by atoms with Gasteiger partial charge in [0.05, 0.1) is 32.5 Å². The van der Waals surface area contributed by atoms with E-state index in [2.05, 4.69) is 40.2 Å². The minimum Gasteiger partial charge on any atom is -0.378 e. The maximum Gasteiger partial charge on any atom is 0.0659 e. The molecule has 0 amide bonds. The Kier molecular flexibility index (Phi) is 3.02. The number of aromatic nitrogens is 1. The van der Waals surface area contributed by atoms with Gasteiger partial charge in [-0.2, -0.15) is 5.10 Å². The number of aryl methyl sites for hydroxylation is 1. The first-order chi connectivity index (χ1) is 8.84. The summed E-state index contributed by atoms with van der Waals surface area (Å²) in [5.74, 6) is 0. The number of nitrogens with zero attached hydrogens (tertiary/aromatic N) is 2. The number of morpholine rings is 1. The maximum absolute atomic E-state index is 5.31. The van der Waals surface area contributed by atoms with Crippen molar-refractivity contribution in [3.05, 3.63) is 35.5 Å². The maximum atomic E-state index is 5.31. The van der Waals surface area contributed by atoms with E-state index in [0.29, 0.717) is 0 Å². The highest BCUT2D eigenvalue weighted by Gasteiger charge is 2.08. The summed E-state index contributed by atoms with van der Waals surface area (Å²) in [6.07, 6.45) is 1.96. The molecule has 1 fully saturated rings. The quantitative estimate of drug-likeness (QED) is 0.821. The molecular formula is C14H17N3O. The second-order valence-corrected chi connectivity index (χ2v) is 4.52. The summed E-state index contributed by atoms with van der Waals surface area (Å²) in [6, 6.07) is 8.32. The Labute approximate surface area is 106 Å². The van der Waals surface area contributed by atoms with Gasteiger partial charge in [-0.3, -0.25) is 5.01 Å². The van der Waals surface area contributed by atoms with Crippen LogP contribution in [0.2, 0.25) is 0 Å². The average Bonchev–Trinajstić information content (AvgIpc) is 2.73. The number of ether oxygens (including phenoxy) is 1. The van der Waals surface area contributed by atoms with E-state index < -0.39 is 0 Å². The van der Waals surface area contributed by atoms with E-state index in [-0.39, 0.29) is 0 Å². The van der Waals surface area contributed by atoms with Crippen LogP contribution in [0.25, 0.3) is 10.9 Å². The molecule has 2 aromatic rings. The standard InChI is InChI=1S/C14H17N3O/c1-11-13(10-15-17-6-8-18-9-7-17)12-4-2-3-5-14(12)16-11/h2-5,10,16H,6-9H2,1H3. The molecule has 3 rings (SSSR count). The zero-order chi connectivity index (χ0) is 12.4. The Balaban J connectivity index is 1.89. The lowest BCUT2D eigenvalue weighted by atomic mass is 10.1. The zero-order valence-corrected chi connectivity index (χ0v) is 10.5. The number of benzene rings is 1. The number of fused-ring (bicyclic) bond motifs is 1. The van der Waals surface area contributed by atoms with Gasteiger partial charge in [0.25, 0.3) is 0 Å². The van der Waals surface area contributed by atoms with E-state index in [0.717, 1.165) is 32.0 Å². The third-order valence-corrected chi connectivity index (χ3v) is 3.28. The highest BCUT2D eigenvalue weighted by molar-refractivity contribution is 6.00. The van der Waals surface area contributed by atoms with Crippen molar-refractivity contribution >= 4 is 17.1 Å². The highest BCUT2D eigenvalue weighted by Crippen LogP contribution is 2.20. The number of H-pyrrole nitrogens is 1. The summed E-state index contributed by atoms with van der Waals surface area (Å²) >= 11 is 0. The van der Waals surface area contributed by atoms with E-state index in [9.17, 15) is 0 Å². The molecule has 4 heteroatoms. The fourth-order valence-electron chi connectivity index (χ4n) is 2.27.